The van der Waals surface area contributed by atoms with Gasteiger partial charge in [-0.3, -0.25) is 14.4 Å². The van der Waals surface area contributed by atoms with Gasteiger partial charge in [0.1, 0.15) is 6.54 Å². The molecule has 0 saturated carbocycles. The summed E-state index contributed by atoms with van der Waals surface area (Å²) >= 11 is 0. The van der Waals surface area contributed by atoms with Crippen LogP contribution < -0.4 is 10.2 Å². The summed E-state index contributed by atoms with van der Waals surface area (Å²) in [5.74, 6) is -0.861. The Labute approximate surface area is 179 Å². The first-order valence-corrected chi connectivity index (χ1v) is 9.88. The highest BCUT2D eigenvalue weighted by Crippen LogP contribution is 2.31. The lowest BCUT2D eigenvalue weighted by atomic mass is 10.1. The molecule has 9 nitrogen and oxygen atoms in total. The summed E-state index contributed by atoms with van der Waals surface area (Å²) in [6.45, 7) is 1.65. The summed E-state index contributed by atoms with van der Waals surface area (Å²) < 4.78 is 0. The molecule has 1 aliphatic heterocycles. The molecular weight excluding hydrogens is 396 g/mol. The van der Waals surface area contributed by atoms with Crippen LogP contribution in [-0.2, 0) is 9.59 Å². The zero-order chi connectivity index (χ0) is 22.0. The maximum atomic E-state index is 13.2. The van der Waals surface area contributed by atoms with Crippen LogP contribution in [0.1, 0.15) is 23.8 Å². The molecule has 0 radical (unpaired) electrons. The average Bonchev–Trinajstić information content (AvgIpc) is 3.20. The van der Waals surface area contributed by atoms with E-state index in [-0.39, 0.29) is 36.5 Å². The second kappa shape index (κ2) is 8.39. The van der Waals surface area contributed by atoms with Gasteiger partial charge in [0.2, 0.25) is 11.8 Å². The molecule has 2 aromatic carbocycles. The molecule has 0 saturated heterocycles. The Kier molecular flexibility index (Phi) is 5.48. The van der Waals surface area contributed by atoms with Gasteiger partial charge in [-0.15, -0.1) is 5.10 Å². The quantitative estimate of drug-likeness (QED) is 0.699. The number of aromatic nitrogens is 3. The van der Waals surface area contributed by atoms with E-state index < -0.39 is 5.91 Å². The largest absolute Gasteiger partial charge is 0.331 e. The predicted octanol–water partition coefficient (Wildman–Crippen LogP) is 2.10. The van der Waals surface area contributed by atoms with E-state index in [2.05, 4.69) is 15.5 Å². The molecule has 1 unspecified atom stereocenters. The van der Waals surface area contributed by atoms with Crippen LogP contribution in [0, 0.1) is 0 Å². The van der Waals surface area contributed by atoms with E-state index in [9.17, 15) is 14.4 Å². The Morgan fingerprint density at radius 3 is 2.61 bits per heavy atom. The van der Waals surface area contributed by atoms with Crippen molar-refractivity contribution in [1.29, 1.82) is 0 Å². The number of nitrogens with zero attached hydrogens (tertiary/aromatic N) is 5. The van der Waals surface area contributed by atoms with Gasteiger partial charge in [-0.25, -0.2) is 0 Å². The van der Waals surface area contributed by atoms with E-state index in [1.807, 2.05) is 37.3 Å². The maximum Gasteiger partial charge on any atom is 0.276 e. The van der Waals surface area contributed by atoms with Crippen molar-refractivity contribution in [2.24, 2.45) is 0 Å². The van der Waals surface area contributed by atoms with Crippen LogP contribution in [0.15, 0.2) is 60.8 Å². The fraction of sp³-hybridized carbons (Fsp3) is 0.227. The first kappa shape index (κ1) is 20.3. The number of hydrogen-bond acceptors (Lipinski definition) is 5. The standard InChI is InChI=1S/C22H22N6O3/c1-15-12-20(29)24-17-10-6-7-11-19(17)27(15)21(30)14-26(2)22(31)18-13-23-28(25-18)16-8-4-3-5-9-16/h3-11,13,15H,12,14H2,1-2H3,(H,24,29). The smallest absolute Gasteiger partial charge is 0.276 e. The number of benzene rings is 2. The molecule has 0 spiro atoms. The van der Waals surface area contributed by atoms with Crippen LogP contribution >= 0.6 is 0 Å². The van der Waals surface area contributed by atoms with Crippen LogP contribution in [-0.4, -0.2) is 57.2 Å². The second-order valence-corrected chi connectivity index (χ2v) is 7.40. The molecular formula is C22H22N6O3. The highest BCUT2D eigenvalue weighted by atomic mass is 16.2. The molecule has 0 fully saturated rings. The molecule has 31 heavy (non-hydrogen) atoms. The van der Waals surface area contributed by atoms with Crippen molar-refractivity contribution in [3.05, 3.63) is 66.5 Å². The van der Waals surface area contributed by atoms with Gasteiger partial charge in [-0.05, 0) is 31.2 Å². The maximum absolute atomic E-state index is 13.2. The lowest BCUT2D eigenvalue weighted by Crippen LogP contribution is -2.45. The molecule has 3 amide bonds. The first-order valence-electron chi connectivity index (χ1n) is 9.88. The zero-order valence-corrected chi connectivity index (χ0v) is 17.2. The lowest BCUT2D eigenvalue weighted by Gasteiger charge is -2.29. The van der Waals surface area contributed by atoms with Crippen LogP contribution in [0.25, 0.3) is 5.69 Å². The Morgan fingerprint density at radius 1 is 1.13 bits per heavy atom. The van der Waals surface area contributed by atoms with Crippen molar-refractivity contribution < 1.29 is 14.4 Å². The molecule has 1 aromatic heterocycles. The highest BCUT2D eigenvalue weighted by Gasteiger charge is 2.31. The fourth-order valence-corrected chi connectivity index (χ4v) is 3.56. The molecule has 1 atom stereocenters. The van der Waals surface area contributed by atoms with Gasteiger partial charge >= 0.3 is 0 Å². The minimum absolute atomic E-state index is 0.139. The van der Waals surface area contributed by atoms with Gasteiger partial charge < -0.3 is 15.1 Å². The van der Waals surface area contributed by atoms with Crippen LogP contribution in [0.2, 0.25) is 0 Å². The van der Waals surface area contributed by atoms with Crippen molar-refractivity contribution in [3.63, 3.8) is 0 Å². The summed E-state index contributed by atoms with van der Waals surface area (Å²) in [6.07, 6.45) is 1.55. The molecule has 1 N–H and O–H groups in total. The van der Waals surface area contributed by atoms with Gasteiger partial charge in [-0.2, -0.15) is 9.90 Å². The van der Waals surface area contributed by atoms with E-state index >= 15 is 0 Å². The van der Waals surface area contributed by atoms with E-state index in [1.54, 1.807) is 36.2 Å². The Hall–Kier alpha value is -4.01. The second-order valence-electron chi connectivity index (χ2n) is 7.40. The predicted molar refractivity (Wildman–Crippen MR) is 115 cm³/mol. The van der Waals surface area contributed by atoms with Gasteiger partial charge in [0, 0.05) is 19.5 Å². The van der Waals surface area contributed by atoms with E-state index in [0.717, 1.165) is 5.69 Å². The average molecular weight is 418 g/mol. The number of amides is 3. The summed E-state index contributed by atoms with van der Waals surface area (Å²) in [7, 11) is 1.54. The topological polar surface area (TPSA) is 100 Å². The summed E-state index contributed by atoms with van der Waals surface area (Å²) in [5, 5.41) is 11.2. The number of para-hydroxylation sites is 3. The summed E-state index contributed by atoms with van der Waals surface area (Å²) in [5.41, 5.74) is 2.06. The molecule has 3 aromatic rings. The Morgan fingerprint density at radius 2 is 1.84 bits per heavy atom. The van der Waals surface area contributed by atoms with Crippen LogP contribution in [0.3, 0.4) is 0 Å². The molecule has 9 heteroatoms. The molecule has 2 heterocycles. The third-order valence-corrected chi connectivity index (χ3v) is 5.05. The van der Waals surface area contributed by atoms with Crippen LogP contribution in [0.5, 0.6) is 0 Å². The normalized spacial score (nSPS) is 15.6. The van der Waals surface area contributed by atoms with Crippen molar-refractivity contribution in [2.75, 3.05) is 23.8 Å². The molecule has 158 valence electrons. The highest BCUT2D eigenvalue weighted by molar-refractivity contribution is 6.06. The van der Waals surface area contributed by atoms with Gasteiger partial charge in [0.05, 0.1) is 23.3 Å². The number of likely N-dealkylation sites (N-methyl/N-ethyl adjacent to an activating group) is 1. The van der Waals surface area contributed by atoms with E-state index in [1.165, 1.54) is 15.9 Å². The third kappa shape index (κ3) is 4.16. The minimum atomic E-state index is -0.416. The fourth-order valence-electron chi connectivity index (χ4n) is 3.56. The molecule has 4 rings (SSSR count). The van der Waals surface area contributed by atoms with Crippen molar-refractivity contribution in [1.82, 2.24) is 19.9 Å². The number of hydrogen-bond donors (Lipinski definition) is 1. The van der Waals surface area contributed by atoms with Gasteiger partial charge in [0.25, 0.3) is 5.91 Å². The SMILES string of the molecule is CC1CC(=O)Nc2ccccc2N1C(=O)CN(C)C(=O)c1cnn(-c2ccccc2)n1. The number of carbonyl (C=O) groups excluding carboxylic acids is 3. The number of anilines is 2. The van der Waals surface area contributed by atoms with Crippen molar-refractivity contribution >= 4 is 29.1 Å². The molecule has 0 aliphatic carbocycles. The molecule has 1 aliphatic rings. The Balaban J connectivity index is 1.51. The molecule has 0 bridgehead atoms. The minimum Gasteiger partial charge on any atom is -0.331 e. The van der Waals surface area contributed by atoms with Crippen molar-refractivity contribution in [3.8, 4) is 5.69 Å². The van der Waals surface area contributed by atoms with E-state index in [4.69, 9.17) is 0 Å². The number of nitrogens with one attached hydrogen (secondary N) is 1. The van der Waals surface area contributed by atoms with Crippen molar-refractivity contribution in [2.45, 2.75) is 19.4 Å². The zero-order valence-electron chi connectivity index (χ0n) is 17.2. The number of fused-ring (bicyclic) bond motifs is 1. The van der Waals surface area contributed by atoms with Gasteiger partial charge in [-0.1, -0.05) is 30.3 Å². The van der Waals surface area contributed by atoms with E-state index in [0.29, 0.717) is 11.4 Å². The number of carbonyl (C=O) groups is 3. The summed E-state index contributed by atoms with van der Waals surface area (Å²) in [4.78, 5) is 42.3. The summed E-state index contributed by atoms with van der Waals surface area (Å²) in [6, 6.07) is 16.0. The van der Waals surface area contributed by atoms with Crippen LogP contribution in [0.4, 0.5) is 11.4 Å². The lowest BCUT2D eigenvalue weighted by molar-refractivity contribution is -0.119. The Bertz CT molecular complexity index is 1130. The first-order chi connectivity index (χ1) is 14.9. The third-order valence-electron chi connectivity index (χ3n) is 5.05. The monoisotopic (exact) mass is 418 g/mol. The van der Waals surface area contributed by atoms with Gasteiger partial charge in [0.15, 0.2) is 5.69 Å². The number of rotatable bonds is 4.